The lowest BCUT2D eigenvalue weighted by Crippen LogP contribution is -2.47. The minimum Gasteiger partial charge on any atom is -0.493 e. The molecular weight excluding hydrogens is 514 g/mol. The Labute approximate surface area is 235 Å². The summed E-state index contributed by atoms with van der Waals surface area (Å²) >= 11 is 1.61. The first kappa shape index (κ1) is 30.0. The number of methoxy groups -OCH3 is 2. The Hall–Kier alpha value is -3.56. The summed E-state index contributed by atoms with van der Waals surface area (Å²) in [6, 6.07) is 19.3. The van der Waals surface area contributed by atoms with E-state index in [1.165, 1.54) is 0 Å². The molecule has 0 saturated carbocycles. The molecule has 210 valence electrons. The molecule has 0 spiro atoms. The van der Waals surface area contributed by atoms with Crippen LogP contribution in [0.1, 0.15) is 29.3 Å². The smallest absolute Gasteiger partial charge is 0.318 e. The van der Waals surface area contributed by atoms with E-state index in [9.17, 15) is 9.59 Å². The number of hydrogen-bond acceptors (Lipinski definition) is 6. The number of carbonyl (C=O) groups excluding carboxylic acids is 2. The number of thiophene rings is 1. The Kier molecular flexibility index (Phi) is 12.6. The molecular formula is C30H39N3O5S. The quantitative estimate of drug-likeness (QED) is 0.253. The van der Waals surface area contributed by atoms with Crippen LogP contribution in [0.2, 0.25) is 0 Å². The van der Waals surface area contributed by atoms with Crippen LogP contribution in [0.15, 0.2) is 66.0 Å². The van der Waals surface area contributed by atoms with Crippen molar-refractivity contribution in [1.82, 2.24) is 15.1 Å². The van der Waals surface area contributed by atoms with Gasteiger partial charge in [0.15, 0.2) is 11.5 Å². The van der Waals surface area contributed by atoms with Crippen molar-refractivity contribution >= 4 is 23.3 Å². The summed E-state index contributed by atoms with van der Waals surface area (Å²) in [5.41, 5.74) is 2.03. The highest BCUT2D eigenvalue weighted by Crippen LogP contribution is 2.28. The van der Waals surface area contributed by atoms with E-state index >= 15 is 0 Å². The molecule has 1 heterocycles. The zero-order chi connectivity index (χ0) is 27.9. The first-order valence-electron chi connectivity index (χ1n) is 13.2. The van der Waals surface area contributed by atoms with Crippen molar-refractivity contribution in [1.29, 1.82) is 0 Å². The molecule has 39 heavy (non-hydrogen) atoms. The summed E-state index contributed by atoms with van der Waals surface area (Å²) < 4.78 is 16.3. The van der Waals surface area contributed by atoms with Gasteiger partial charge in [-0.1, -0.05) is 42.5 Å². The van der Waals surface area contributed by atoms with E-state index in [-0.39, 0.29) is 18.5 Å². The van der Waals surface area contributed by atoms with E-state index in [0.29, 0.717) is 63.7 Å². The van der Waals surface area contributed by atoms with Crippen molar-refractivity contribution in [3.63, 3.8) is 0 Å². The normalized spacial score (nSPS) is 10.6. The van der Waals surface area contributed by atoms with E-state index < -0.39 is 0 Å². The van der Waals surface area contributed by atoms with Gasteiger partial charge in [-0.2, -0.15) is 0 Å². The molecule has 0 aliphatic rings. The Balaban J connectivity index is 1.69. The van der Waals surface area contributed by atoms with Gasteiger partial charge in [0, 0.05) is 37.7 Å². The maximum absolute atomic E-state index is 13.6. The van der Waals surface area contributed by atoms with Gasteiger partial charge in [-0.05, 0) is 54.5 Å². The number of ether oxygens (including phenoxy) is 3. The summed E-state index contributed by atoms with van der Waals surface area (Å²) in [5, 5.41) is 4.97. The van der Waals surface area contributed by atoms with Crippen LogP contribution in [0.25, 0.3) is 0 Å². The van der Waals surface area contributed by atoms with E-state index in [0.717, 1.165) is 16.0 Å². The summed E-state index contributed by atoms with van der Waals surface area (Å²) in [6.07, 6.45) is 1.29. The lowest BCUT2D eigenvalue weighted by Gasteiger charge is -2.28. The molecule has 0 radical (unpaired) electrons. The molecule has 3 aromatic rings. The van der Waals surface area contributed by atoms with Gasteiger partial charge in [-0.15, -0.1) is 11.3 Å². The number of carbonyl (C=O) groups is 2. The van der Waals surface area contributed by atoms with Crippen LogP contribution in [0, 0.1) is 0 Å². The average molecular weight is 554 g/mol. The third-order valence-electron chi connectivity index (χ3n) is 6.22. The third kappa shape index (κ3) is 9.92. The average Bonchev–Trinajstić information content (AvgIpc) is 3.49. The number of amides is 3. The highest BCUT2D eigenvalue weighted by atomic mass is 32.1. The second-order valence-electron chi connectivity index (χ2n) is 8.95. The van der Waals surface area contributed by atoms with Crippen LogP contribution in [-0.2, 0) is 29.0 Å². The van der Waals surface area contributed by atoms with Gasteiger partial charge in [-0.3, -0.25) is 4.79 Å². The van der Waals surface area contributed by atoms with E-state index in [1.54, 1.807) is 30.5 Å². The van der Waals surface area contributed by atoms with Gasteiger partial charge in [0.05, 0.1) is 20.8 Å². The van der Waals surface area contributed by atoms with E-state index in [1.807, 2.05) is 77.9 Å². The Morgan fingerprint density at radius 1 is 0.897 bits per heavy atom. The fourth-order valence-electron chi connectivity index (χ4n) is 4.09. The van der Waals surface area contributed by atoms with Crippen molar-refractivity contribution in [2.45, 2.75) is 32.9 Å². The first-order chi connectivity index (χ1) is 19.0. The van der Waals surface area contributed by atoms with Crippen LogP contribution < -0.4 is 14.8 Å². The topological polar surface area (TPSA) is 80.3 Å². The number of nitrogens with one attached hydrogen (secondary N) is 1. The molecule has 2 aromatic carbocycles. The van der Waals surface area contributed by atoms with Crippen molar-refractivity contribution in [3.05, 3.63) is 82.0 Å². The molecule has 3 rings (SSSR count). The molecule has 1 N–H and O–H groups in total. The van der Waals surface area contributed by atoms with Crippen molar-refractivity contribution in [3.8, 4) is 11.5 Å². The van der Waals surface area contributed by atoms with Gasteiger partial charge < -0.3 is 29.3 Å². The molecule has 0 aliphatic heterocycles. The molecule has 1 aromatic heterocycles. The summed E-state index contributed by atoms with van der Waals surface area (Å²) in [5.74, 6) is 1.22. The van der Waals surface area contributed by atoms with Crippen molar-refractivity contribution < 1.29 is 23.8 Å². The fraction of sp³-hybridized carbons (Fsp3) is 0.400. The molecule has 0 atom stereocenters. The zero-order valence-electron chi connectivity index (χ0n) is 23.1. The maximum atomic E-state index is 13.6. The molecule has 0 saturated heterocycles. The molecule has 3 amide bonds. The van der Waals surface area contributed by atoms with Crippen molar-refractivity contribution in [2.75, 3.05) is 47.1 Å². The third-order valence-corrected chi connectivity index (χ3v) is 7.08. The lowest BCUT2D eigenvalue weighted by atomic mass is 10.1. The molecule has 9 heteroatoms. The predicted octanol–water partition coefficient (Wildman–Crippen LogP) is 4.98. The number of benzene rings is 2. The van der Waals surface area contributed by atoms with Gasteiger partial charge >= 0.3 is 6.03 Å². The van der Waals surface area contributed by atoms with Crippen LogP contribution in [0.4, 0.5) is 4.79 Å². The fourth-order valence-corrected chi connectivity index (χ4v) is 4.81. The number of rotatable bonds is 16. The predicted molar refractivity (Wildman–Crippen MR) is 154 cm³/mol. The standard InChI is InChI=1S/C30H39N3O5S/c1-4-38-18-9-16-33(30(35)31-21-25-10-6-5-7-11-25)23-29(34)32(22-26-12-8-19-39-26)17-15-24-13-14-27(36-2)28(20-24)37-3/h5-8,10-14,19-20H,4,9,15-18,21-23H2,1-3H3,(H,31,35). The minimum atomic E-state index is -0.264. The molecule has 0 bridgehead atoms. The van der Waals surface area contributed by atoms with Crippen LogP contribution in [0.5, 0.6) is 11.5 Å². The zero-order valence-corrected chi connectivity index (χ0v) is 23.9. The maximum Gasteiger partial charge on any atom is 0.318 e. The lowest BCUT2D eigenvalue weighted by molar-refractivity contribution is -0.132. The largest absolute Gasteiger partial charge is 0.493 e. The SMILES string of the molecule is CCOCCCN(CC(=O)N(CCc1ccc(OC)c(OC)c1)Cc1cccs1)C(=O)NCc1ccccc1. The second-order valence-corrected chi connectivity index (χ2v) is 9.98. The minimum absolute atomic E-state index is 0.00986. The summed E-state index contributed by atoms with van der Waals surface area (Å²) in [6.45, 7) is 4.89. The van der Waals surface area contributed by atoms with Gasteiger partial charge in [0.2, 0.25) is 5.91 Å². The highest BCUT2D eigenvalue weighted by Gasteiger charge is 2.22. The molecule has 0 unspecified atom stereocenters. The number of nitrogens with zero attached hydrogens (tertiary/aromatic N) is 2. The van der Waals surface area contributed by atoms with E-state index in [4.69, 9.17) is 14.2 Å². The highest BCUT2D eigenvalue weighted by molar-refractivity contribution is 7.09. The summed E-state index contributed by atoms with van der Waals surface area (Å²) in [7, 11) is 3.21. The number of urea groups is 1. The van der Waals surface area contributed by atoms with Gasteiger partial charge in [0.25, 0.3) is 0 Å². The Morgan fingerprint density at radius 2 is 1.69 bits per heavy atom. The van der Waals surface area contributed by atoms with E-state index in [2.05, 4.69) is 5.32 Å². The Bertz CT molecular complexity index is 1140. The van der Waals surface area contributed by atoms with Crippen molar-refractivity contribution in [2.24, 2.45) is 0 Å². The van der Waals surface area contributed by atoms with Gasteiger partial charge in [0.1, 0.15) is 6.54 Å². The molecule has 8 nitrogen and oxygen atoms in total. The molecule has 0 fully saturated rings. The van der Waals surface area contributed by atoms with Gasteiger partial charge in [-0.25, -0.2) is 4.79 Å². The first-order valence-corrected chi connectivity index (χ1v) is 14.1. The van der Waals surface area contributed by atoms with Crippen LogP contribution in [0.3, 0.4) is 0 Å². The summed E-state index contributed by atoms with van der Waals surface area (Å²) in [4.78, 5) is 31.3. The molecule has 0 aliphatic carbocycles. The van der Waals surface area contributed by atoms with Crippen LogP contribution >= 0.6 is 11.3 Å². The van der Waals surface area contributed by atoms with Crippen LogP contribution in [-0.4, -0.2) is 68.8 Å². The monoisotopic (exact) mass is 553 g/mol. The Morgan fingerprint density at radius 3 is 2.38 bits per heavy atom. The number of hydrogen-bond donors (Lipinski definition) is 1. The second kappa shape index (κ2) is 16.4.